The topological polar surface area (TPSA) is 63.6 Å². The molecule has 0 fully saturated rings. The zero-order valence-corrected chi connectivity index (χ0v) is 9.84. The Kier molecular flexibility index (Phi) is 4.37. The van der Waals surface area contributed by atoms with Crippen molar-refractivity contribution < 1.29 is 19.4 Å². The zero-order chi connectivity index (χ0) is 12.1. The first-order chi connectivity index (χ1) is 7.58. The van der Waals surface area contributed by atoms with Crippen molar-refractivity contribution in [3.63, 3.8) is 0 Å². The van der Waals surface area contributed by atoms with Crippen molar-refractivity contribution in [3.05, 3.63) is 29.3 Å². The van der Waals surface area contributed by atoms with Crippen molar-refractivity contribution in [1.82, 2.24) is 0 Å². The summed E-state index contributed by atoms with van der Waals surface area (Å²) < 4.78 is 4.56. The van der Waals surface area contributed by atoms with Gasteiger partial charge in [0.1, 0.15) is 0 Å². The van der Waals surface area contributed by atoms with Crippen LogP contribution < -0.4 is 0 Å². The van der Waals surface area contributed by atoms with Gasteiger partial charge < -0.3 is 9.84 Å². The number of benzene rings is 1. The minimum Gasteiger partial charge on any atom is -0.478 e. The average Bonchev–Trinajstić information content (AvgIpc) is 2.28. The summed E-state index contributed by atoms with van der Waals surface area (Å²) in [6.07, 6.45) is 0. The Balaban J connectivity index is 3.18. The van der Waals surface area contributed by atoms with E-state index in [1.54, 1.807) is 12.1 Å². The monoisotopic (exact) mass is 240 g/mol. The van der Waals surface area contributed by atoms with Gasteiger partial charge in [-0.25, -0.2) is 9.59 Å². The van der Waals surface area contributed by atoms with E-state index >= 15 is 0 Å². The molecule has 0 atom stereocenters. The molecule has 1 N–H and O–H groups in total. The van der Waals surface area contributed by atoms with Crippen LogP contribution >= 0.6 is 11.8 Å². The first-order valence-electron chi connectivity index (χ1n) is 4.68. The lowest BCUT2D eigenvalue weighted by atomic mass is 10.1. The van der Waals surface area contributed by atoms with Crippen LogP contribution in [0.4, 0.5) is 0 Å². The van der Waals surface area contributed by atoms with Crippen LogP contribution in [0.15, 0.2) is 23.1 Å². The summed E-state index contributed by atoms with van der Waals surface area (Å²) in [7, 11) is 1.27. The molecule has 0 aromatic heterocycles. The summed E-state index contributed by atoms with van der Waals surface area (Å²) in [5.74, 6) is -0.770. The number of carboxylic acid groups (broad SMARTS) is 1. The second-order valence-electron chi connectivity index (χ2n) is 2.98. The van der Waals surface area contributed by atoms with E-state index in [0.717, 1.165) is 10.6 Å². The molecule has 0 saturated heterocycles. The molecule has 0 saturated carbocycles. The van der Waals surface area contributed by atoms with Gasteiger partial charge in [-0.15, -0.1) is 11.8 Å². The van der Waals surface area contributed by atoms with E-state index in [0.29, 0.717) is 0 Å². The van der Waals surface area contributed by atoms with Gasteiger partial charge in [0, 0.05) is 4.90 Å². The van der Waals surface area contributed by atoms with Gasteiger partial charge in [-0.3, -0.25) is 0 Å². The van der Waals surface area contributed by atoms with E-state index in [-0.39, 0.29) is 11.1 Å². The third-order valence-electron chi connectivity index (χ3n) is 1.89. The normalized spacial score (nSPS) is 9.88. The molecule has 5 heteroatoms. The van der Waals surface area contributed by atoms with Crippen LogP contribution in [0, 0.1) is 0 Å². The van der Waals surface area contributed by atoms with E-state index in [1.807, 2.05) is 6.92 Å². The second-order valence-corrected chi connectivity index (χ2v) is 4.31. The number of thioether (sulfide) groups is 1. The van der Waals surface area contributed by atoms with Crippen LogP contribution in [0.1, 0.15) is 27.6 Å². The minimum atomic E-state index is -1.05. The van der Waals surface area contributed by atoms with Gasteiger partial charge >= 0.3 is 11.9 Å². The number of methoxy groups -OCH3 is 1. The standard InChI is InChI=1S/C11H12O4S/c1-3-16-9-5-7(10(12)13)4-8(6-9)11(14)15-2/h4-6H,3H2,1-2H3,(H,12,13). The van der Waals surface area contributed by atoms with E-state index < -0.39 is 11.9 Å². The summed E-state index contributed by atoms with van der Waals surface area (Å²) in [6, 6.07) is 4.49. The molecule has 0 radical (unpaired) electrons. The molecule has 0 aliphatic rings. The van der Waals surface area contributed by atoms with Crippen LogP contribution in [-0.4, -0.2) is 29.9 Å². The first kappa shape index (κ1) is 12.6. The number of ether oxygens (including phenoxy) is 1. The summed E-state index contributed by atoms with van der Waals surface area (Å²) in [6.45, 7) is 1.95. The maximum absolute atomic E-state index is 11.3. The van der Waals surface area contributed by atoms with Crippen LogP contribution in [0.3, 0.4) is 0 Å². The van der Waals surface area contributed by atoms with Crippen molar-refractivity contribution in [1.29, 1.82) is 0 Å². The largest absolute Gasteiger partial charge is 0.478 e. The highest BCUT2D eigenvalue weighted by Gasteiger charge is 2.12. The van der Waals surface area contributed by atoms with Gasteiger partial charge in [-0.1, -0.05) is 6.92 Å². The van der Waals surface area contributed by atoms with Crippen molar-refractivity contribution in [2.24, 2.45) is 0 Å². The molecule has 0 heterocycles. The summed E-state index contributed by atoms with van der Waals surface area (Å²) in [5.41, 5.74) is 0.359. The Morgan fingerprint density at radius 2 is 1.94 bits per heavy atom. The van der Waals surface area contributed by atoms with E-state index in [4.69, 9.17) is 5.11 Å². The molecular weight excluding hydrogens is 228 g/mol. The third kappa shape index (κ3) is 3.00. The number of hydrogen-bond donors (Lipinski definition) is 1. The fourth-order valence-electron chi connectivity index (χ4n) is 1.21. The predicted octanol–water partition coefficient (Wildman–Crippen LogP) is 2.28. The highest BCUT2D eigenvalue weighted by molar-refractivity contribution is 7.99. The van der Waals surface area contributed by atoms with E-state index in [9.17, 15) is 9.59 Å². The van der Waals surface area contributed by atoms with Crippen LogP contribution in [0.2, 0.25) is 0 Å². The average molecular weight is 240 g/mol. The highest BCUT2D eigenvalue weighted by atomic mass is 32.2. The number of carbonyl (C=O) groups excluding carboxylic acids is 1. The molecule has 1 aromatic rings. The number of carbonyl (C=O) groups is 2. The number of carboxylic acids is 1. The number of esters is 1. The maximum atomic E-state index is 11.3. The molecule has 0 amide bonds. The second kappa shape index (κ2) is 5.55. The number of hydrogen-bond acceptors (Lipinski definition) is 4. The predicted molar refractivity (Wildman–Crippen MR) is 61.1 cm³/mol. The molecule has 16 heavy (non-hydrogen) atoms. The lowest BCUT2D eigenvalue weighted by molar-refractivity contribution is 0.0600. The Labute approximate surface area is 97.6 Å². The van der Waals surface area contributed by atoms with Gasteiger partial charge in [0.15, 0.2) is 0 Å². The van der Waals surface area contributed by atoms with Gasteiger partial charge in [0.25, 0.3) is 0 Å². The lowest BCUT2D eigenvalue weighted by Gasteiger charge is -2.05. The van der Waals surface area contributed by atoms with Gasteiger partial charge in [0.05, 0.1) is 18.2 Å². The summed E-state index contributed by atoms with van der Waals surface area (Å²) >= 11 is 1.48. The molecule has 86 valence electrons. The van der Waals surface area contributed by atoms with E-state index in [2.05, 4.69) is 4.74 Å². The van der Waals surface area contributed by atoms with Crippen LogP contribution in [0.25, 0.3) is 0 Å². The molecule has 1 aromatic carbocycles. The fourth-order valence-corrected chi connectivity index (χ4v) is 1.96. The fraction of sp³-hybridized carbons (Fsp3) is 0.273. The Bertz CT molecular complexity index is 414. The third-order valence-corrected chi connectivity index (χ3v) is 2.74. The van der Waals surface area contributed by atoms with Gasteiger partial charge in [-0.2, -0.15) is 0 Å². The first-order valence-corrected chi connectivity index (χ1v) is 5.66. The number of rotatable bonds is 4. The quantitative estimate of drug-likeness (QED) is 0.646. The van der Waals surface area contributed by atoms with Crippen molar-refractivity contribution in [2.75, 3.05) is 12.9 Å². The van der Waals surface area contributed by atoms with Crippen LogP contribution in [-0.2, 0) is 4.74 Å². The smallest absolute Gasteiger partial charge is 0.337 e. The highest BCUT2D eigenvalue weighted by Crippen LogP contribution is 2.21. The molecule has 0 bridgehead atoms. The Morgan fingerprint density at radius 3 is 2.44 bits per heavy atom. The SMILES string of the molecule is CCSc1cc(C(=O)O)cc(C(=O)OC)c1. The van der Waals surface area contributed by atoms with Crippen molar-refractivity contribution in [2.45, 2.75) is 11.8 Å². The molecule has 1 rings (SSSR count). The van der Waals surface area contributed by atoms with Crippen molar-refractivity contribution in [3.8, 4) is 0 Å². The molecular formula is C11H12O4S. The lowest BCUT2D eigenvalue weighted by Crippen LogP contribution is -2.05. The summed E-state index contributed by atoms with van der Waals surface area (Å²) in [5, 5.41) is 8.90. The minimum absolute atomic E-state index is 0.0962. The number of aromatic carboxylic acids is 1. The molecule has 0 unspecified atom stereocenters. The van der Waals surface area contributed by atoms with Crippen molar-refractivity contribution >= 4 is 23.7 Å². The Morgan fingerprint density at radius 1 is 1.31 bits per heavy atom. The molecule has 4 nitrogen and oxygen atoms in total. The van der Waals surface area contributed by atoms with E-state index in [1.165, 1.54) is 24.9 Å². The molecule has 0 spiro atoms. The molecule has 0 aliphatic carbocycles. The van der Waals surface area contributed by atoms with Crippen LogP contribution in [0.5, 0.6) is 0 Å². The Hall–Kier alpha value is -1.49. The zero-order valence-electron chi connectivity index (χ0n) is 9.02. The summed E-state index contributed by atoms with van der Waals surface area (Å²) in [4.78, 5) is 22.9. The maximum Gasteiger partial charge on any atom is 0.337 e. The van der Waals surface area contributed by atoms with Gasteiger partial charge in [-0.05, 0) is 24.0 Å². The molecule has 0 aliphatic heterocycles. The van der Waals surface area contributed by atoms with Gasteiger partial charge in [0.2, 0.25) is 0 Å².